The first-order valence-electron chi connectivity index (χ1n) is 9.08. The Morgan fingerprint density at radius 1 is 0.844 bits per heavy atom. The Labute approximate surface area is 210 Å². The van der Waals surface area contributed by atoms with Gasteiger partial charge in [-0.2, -0.15) is 0 Å². The molecule has 1 amide bonds. The molecule has 0 aliphatic rings. The molecule has 0 aromatic heterocycles. The van der Waals surface area contributed by atoms with Gasteiger partial charge in [-0.25, -0.2) is 8.42 Å². The monoisotopic (exact) mass is 550 g/mol. The van der Waals surface area contributed by atoms with E-state index in [0.29, 0.717) is 17.3 Å². The van der Waals surface area contributed by atoms with E-state index in [0.717, 1.165) is 0 Å². The fraction of sp³-hybridized carbons (Fsp3) is 0.0952. The number of rotatable bonds is 6. The molecule has 0 spiro atoms. The molecule has 0 fully saturated rings. The zero-order valence-electron chi connectivity index (χ0n) is 16.4. The first-order valence-corrected chi connectivity index (χ1v) is 12.4. The summed E-state index contributed by atoms with van der Waals surface area (Å²) in [5, 5.41) is 0.901. The number of hydrogen-bond acceptors (Lipinski definition) is 3. The number of halogens is 5. The van der Waals surface area contributed by atoms with E-state index in [9.17, 15) is 13.2 Å². The number of anilines is 2. The van der Waals surface area contributed by atoms with Crippen LogP contribution in [0.3, 0.4) is 0 Å². The lowest BCUT2D eigenvalue weighted by molar-refractivity contribution is 0.0989. The second-order valence-corrected chi connectivity index (χ2v) is 10.3. The number of hydrogen-bond donors (Lipinski definition) is 1. The van der Waals surface area contributed by atoms with Crippen molar-refractivity contribution in [2.45, 2.75) is 11.8 Å². The number of sulfonamides is 1. The molecule has 0 saturated carbocycles. The summed E-state index contributed by atoms with van der Waals surface area (Å²) in [4.78, 5) is 14.7. The van der Waals surface area contributed by atoms with E-state index < -0.39 is 15.9 Å². The van der Waals surface area contributed by atoms with Crippen molar-refractivity contribution in [3.05, 3.63) is 85.3 Å². The molecule has 5 nitrogen and oxygen atoms in total. The minimum Gasteiger partial charge on any atom is -0.309 e. The normalized spacial score (nSPS) is 11.3. The van der Waals surface area contributed by atoms with Crippen LogP contribution < -0.4 is 9.62 Å². The molecule has 0 radical (unpaired) electrons. The summed E-state index contributed by atoms with van der Waals surface area (Å²) in [7, 11) is -4.16. The summed E-state index contributed by atoms with van der Waals surface area (Å²) in [6.45, 7) is 2.07. The number of carbonyl (C=O) groups excluding carboxylic acids is 1. The Bertz CT molecular complexity index is 1280. The molecule has 168 valence electrons. The summed E-state index contributed by atoms with van der Waals surface area (Å²) in [6, 6.07) is 13.2. The van der Waals surface area contributed by atoms with Gasteiger partial charge in [0.15, 0.2) is 0 Å². The maximum Gasteiger partial charge on any atom is 0.262 e. The second kappa shape index (κ2) is 10.1. The molecule has 0 unspecified atom stereocenters. The summed E-state index contributed by atoms with van der Waals surface area (Å²) in [5.41, 5.74) is 0.429. The number of nitrogens with zero attached hydrogens (tertiary/aromatic N) is 1. The van der Waals surface area contributed by atoms with Gasteiger partial charge in [0.1, 0.15) is 0 Å². The Morgan fingerprint density at radius 3 is 2.09 bits per heavy atom. The molecule has 0 bridgehead atoms. The highest BCUT2D eigenvalue weighted by Crippen LogP contribution is 2.34. The minimum absolute atomic E-state index is 0.0251. The molecule has 0 heterocycles. The molecule has 3 aromatic rings. The van der Waals surface area contributed by atoms with Gasteiger partial charge in [0.2, 0.25) is 0 Å². The van der Waals surface area contributed by atoms with Crippen LogP contribution in [0.2, 0.25) is 25.1 Å². The first kappa shape index (κ1) is 25.0. The zero-order chi connectivity index (χ0) is 23.6. The third kappa shape index (κ3) is 5.45. The Morgan fingerprint density at radius 2 is 1.50 bits per heavy atom. The van der Waals surface area contributed by atoms with Gasteiger partial charge in [-0.1, -0.05) is 58.0 Å². The van der Waals surface area contributed by atoms with Gasteiger partial charge in [-0.15, -0.1) is 0 Å². The molecule has 1 N–H and O–H groups in total. The van der Waals surface area contributed by atoms with Gasteiger partial charge < -0.3 is 4.90 Å². The Hall–Kier alpha value is -1.67. The molecule has 0 atom stereocenters. The van der Waals surface area contributed by atoms with Crippen LogP contribution >= 0.6 is 58.0 Å². The van der Waals surface area contributed by atoms with Crippen molar-refractivity contribution in [2.75, 3.05) is 16.2 Å². The van der Waals surface area contributed by atoms with E-state index >= 15 is 0 Å². The molecular weight excluding hydrogens is 538 g/mol. The van der Waals surface area contributed by atoms with E-state index in [1.165, 1.54) is 35.2 Å². The fourth-order valence-electron chi connectivity index (χ4n) is 2.89. The van der Waals surface area contributed by atoms with Gasteiger partial charge in [0.25, 0.3) is 15.9 Å². The van der Waals surface area contributed by atoms with E-state index in [1.807, 2.05) is 0 Å². The third-order valence-corrected chi connectivity index (χ3v) is 7.28. The summed E-state index contributed by atoms with van der Waals surface area (Å²) in [5.74, 6) is -0.508. The molecule has 0 aliphatic carbocycles. The van der Waals surface area contributed by atoms with Gasteiger partial charge in [-0.3, -0.25) is 9.52 Å². The number of amides is 1. The zero-order valence-corrected chi connectivity index (χ0v) is 21.0. The van der Waals surface area contributed by atoms with Crippen LogP contribution in [-0.4, -0.2) is 20.9 Å². The standard InChI is InChI=1S/C21H15Cl5N2O3S/c1-2-28(14-5-3-12(22)4-6-14)21(29)16-9-13(23)10-19(26)20(16)27-32(30,31)15-7-8-17(24)18(25)11-15/h3-11,27H,2H2,1H3. The van der Waals surface area contributed by atoms with Gasteiger partial charge in [0.05, 0.1) is 31.2 Å². The molecule has 11 heteroatoms. The van der Waals surface area contributed by atoms with Crippen molar-refractivity contribution >= 4 is 85.3 Å². The van der Waals surface area contributed by atoms with Crippen molar-refractivity contribution < 1.29 is 13.2 Å². The predicted molar refractivity (Wildman–Crippen MR) is 133 cm³/mol. The quantitative estimate of drug-likeness (QED) is 0.346. The molecular formula is C21H15Cl5N2O3S. The van der Waals surface area contributed by atoms with E-state index in [-0.39, 0.29) is 36.2 Å². The highest BCUT2D eigenvalue weighted by Gasteiger charge is 2.26. The number of carbonyl (C=O) groups is 1. The van der Waals surface area contributed by atoms with Crippen molar-refractivity contribution in [1.29, 1.82) is 0 Å². The lowest BCUT2D eigenvalue weighted by Gasteiger charge is -2.23. The summed E-state index contributed by atoms with van der Waals surface area (Å²) < 4.78 is 28.3. The third-order valence-electron chi connectivity index (χ3n) is 4.42. The van der Waals surface area contributed by atoms with Crippen LogP contribution in [0.15, 0.2) is 59.5 Å². The maximum atomic E-state index is 13.4. The average molecular weight is 553 g/mol. The van der Waals surface area contributed by atoms with Gasteiger partial charge >= 0.3 is 0 Å². The van der Waals surface area contributed by atoms with E-state index in [2.05, 4.69) is 4.72 Å². The molecule has 0 saturated heterocycles. The van der Waals surface area contributed by atoms with Crippen LogP contribution in [0, 0.1) is 0 Å². The first-order chi connectivity index (χ1) is 15.0. The van der Waals surface area contributed by atoms with E-state index in [1.54, 1.807) is 31.2 Å². The van der Waals surface area contributed by atoms with Gasteiger partial charge in [0, 0.05) is 22.3 Å². The second-order valence-electron chi connectivity index (χ2n) is 6.52. The Balaban J connectivity index is 2.07. The topological polar surface area (TPSA) is 66.5 Å². The maximum absolute atomic E-state index is 13.4. The van der Waals surface area contributed by atoms with E-state index in [4.69, 9.17) is 58.0 Å². The molecule has 3 rings (SSSR count). The smallest absolute Gasteiger partial charge is 0.262 e. The fourth-order valence-corrected chi connectivity index (χ4v) is 5.11. The van der Waals surface area contributed by atoms with Crippen LogP contribution in [-0.2, 0) is 10.0 Å². The minimum atomic E-state index is -4.16. The SMILES string of the molecule is CCN(C(=O)c1cc(Cl)cc(Cl)c1NS(=O)(=O)c1ccc(Cl)c(Cl)c1)c1ccc(Cl)cc1. The molecule has 3 aromatic carbocycles. The largest absolute Gasteiger partial charge is 0.309 e. The molecule has 0 aliphatic heterocycles. The van der Waals surface area contributed by atoms with Crippen molar-refractivity contribution in [3.63, 3.8) is 0 Å². The van der Waals surface area contributed by atoms with Crippen molar-refractivity contribution in [3.8, 4) is 0 Å². The average Bonchev–Trinajstić information content (AvgIpc) is 2.73. The van der Waals surface area contributed by atoms with Gasteiger partial charge in [-0.05, 0) is 61.5 Å². The highest BCUT2D eigenvalue weighted by molar-refractivity contribution is 7.92. The lowest BCUT2D eigenvalue weighted by atomic mass is 10.1. The van der Waals surface area contributed by atoms with Crippen LogP contribution in [0.4, 0.5) is 11.4 Å². The summed E-state index contributed by atoms with van der Waals surface area (Å²) >= 11 is 30.2. The predicted octanol–water partition coefficient (Wildman–Crippen LogP) is 7.42. The molecule has 32 heavy (non-hydrogen) atoms. The Kier molecular flexibility index (Phi) is 7.86. The number of nitrogens with one attached hydrogen (secondary N) is 1. The lowest BCUT2D eigenvalue weighted by Crippen LogP contribution is -2.31. The van der Waals surface area contributed by atoms with Crippen LogP contribution in [0.5, 0.6) is 0 Å². The van der Waals surface area contributed by atoms with Crippen LogP contribution in [0.1, 0.15) is 17.3 Å². The van der Waals surface area contributed by atoms with Crippen molar-refractivity contribution in [2.24, 2.45) is 0 Å². The highest BCUT2D eigenvalue weighted by atomic mass is 35.5. The van der Waals surface area contributed by atoms with Crippen molar-refractivity contribution in [1.82, 2.24) is 0 Å². The van der Waals surface area contributed by atoms with Crippen LogP contribution in [0.25, 0.3) is 0 Å². The summed E-state index contributed by atoms with van der Waals surface area (Å²) in [6.07, 6.45) is 0. The number of benzene rings is 3.